The van der Waals surface area contributed by atoms with E-state index in [1.807, 2.05) is 0 Å². The Morgan fingerprint density at radius 2 is 0.907 bits per heavy atom. The molecule has 5 aromatic carbocycles. The number of hydrogen-bond acceptors (Lipinski definition) is 32. The first-order chi connectivity index (χ1) is 56.3. The molecule has 8 rings (SSSR count). The Morgan fingerprint density at radius 1 is 0.466 bits per heavy atom. The van der Waals surface area contributed by atoms with Crippen molar-refractivity contribution < 1.29 is 152 Å². The molecule has 3 fully saturated rings. The molecule has 640 valence electrons. The fourth-order valence-electron chi connectivity index (χ4n) is 13.3. The van der Waals surface area contributed by atoms with Gasteiger partial charge in [0.05, 0.1) is 70.8 Å². The summed E-state index contributed by atoms with van der Waals surface area (Å²) in [5.74, 6) is -19.0. The minimum Gasteiger partial charge on any atom is -0.465 e. The molecule has 0 aliphatic carbocycles. The number of hydrogen-bond donors (Lipinski definition) is 2. The first-order valence-corrected chi connectivity index (χ1v) is 41.7. The Morgan fingerprint density at radius 3 is 1.37 bits per heavy atom. The highest BCUT2D eigenvalue weighted by molar-refractivity contribution is 6.76. The lowest BCUT2D eigenvalue weighted by atomic mass is 9.86. The largest absolute Gasteiger partial charge is 0.465 e. The van der Waals surface area contributed by atoms with Crippen LogP contribution in [0, 0.1) is 0 Å². The van der Waals surface area contributed by atoms with Crippen molar-refractivity contribution in [2.45, 2.75) is 217 Å². The molecule has 3 aliphatic rings. The Labute approximate surface area is 683 Å². The zero-order chi connectivity index (χ0) is 85.7. The maximum absolute atomic E-state index is 15.9. The number of carbonyl (C=O) groups excluding carboxylic acids is 12. The molecule has 3 aliphatic heterocycles. The van der Waals surface area contributed by atoms with Crippen LogP contribution in [0.25, 0.3) is 0 Å². The van der Waals surface area contributed by atoms with Gasteiger partial charge in [-0.2, -0.15) is 0 Å². The van der Waals surface area contributed by atoms with E-state index in [9.17, 15) is 43.2 Å². The molecular formula is C83H102N2O32Si. The number of esters is 10. The van der Waals surface area contributed by atoms with Crippen LogP contribution in [0.15, 0.2) is 152 Å². The van der Waals surface area contributed by atoms with Gasteiger partial charge in [0, 0.05) is 69.6 Å². The van der Waals surface area contributed by atoms with Gasteiger partial charge in [0.1, 0.15) is 63.1 Å². The van der Waals surface area contributed by atoms with Crippen molar-refractivity contribution in [3.05, 3.63) is 179 Å². The van der Waals surface area contributed by atoms with Crippen molar-refractivity contribution in [1.29, 1.82) is 0 Å². The van der Waals surface area contributed by atoms with Crippen molar-refractivity contribution in [2.75, 3.05) is 47.3 Å². The summed E-state index contributed by atoms with van der Waals surface area (Å²) in [5, 5.41) is 5.32. The van der Waals surface area contributed by atoms with Gasteiger partial charge >= 0.3 is 65.8 Å². The highest BCUT2D eigenvalue weighted by Crippen LogP contribution is 2.45. The summed E-state index contributed by atoms with van der Waals surface area (Å²) in [7, 11) is -0.214. The van der Waals surface area contributed by atoms with Gasteiger partial charge in [-0.1, -0.05) is 159 Å². The quantitative estimate of drug-likeness (QED) is 0.0227. The van der Waals surface area contributed by atoms with Crippen LogP contribution in [0.1, 0.15) is 93.9 Å². The van der Waals surface area contributed by atoms with E-state index >= 15 is 14.4 Å². The van der Waals surface area contributed by atoms with E-state index in [2.05, 4.69) is 30.3 Å². The average molecular weight is 1670 g/mol. The molecule has 2 amide bonds. The van der Waals surface area contributed by atoms with Crippen molar-refractivity contribution in [2.24, 2.45) is 0 Å². The van der Waals surface area contributed by atoms with Gasteiger partial charge in [0.2, 0.25) is 5.91 Å². The van der Waals surface area contributed by atoms with E-state index in [1.54, 1.807) is 152 Å². The molecule has 0 saturated carbocycles. The molecule has 118 heavy (non-hydrogen) atoms. The summed E-state index contributed by atoms with van der Waals surface area (Å²) < 4.78 is 125. The van der Waals surface area contributed by atoms with E-state index in [4.69, 9.17) is 94.7 Å². The molecule has 17 atom stereocenters. The van der Waals surface area contributed by atoms with Gasteiger partial charge in [-0.25, -0.2) is 19.2 Å². The number of carbonyl (C=O) groups is 12. The van der Waals surface area contributed by atoms with Crippen LogP contribution in [0.4, 0.5) is 4.79 Å². The second-order valence-corrected chi connectivity index (χ2v) is 34.6. The second kappa shape index (κ2) is 44.8. The maximum atomic E-state index is 15.9. The van der Waals surface area contributed by atoms with Crippen molar-refractivity contribution >= 4 is 79.8 Å². The van der Waals surface area contributed by atoms with Crippen LogP contribution in [0.2, 0.25) is 25.7 Å². The average Bonchev–Trinajstić information content (AvgIpc) is 0.735. The molecular weight excluding hydrogens is 1560 g/mol. The van der Waals surface area contributed by atoms with Crippen LogP contribution in [0.5, 0.6) is 0 Å². The molecule has 0 spiro atoms. The fraction of sp³-hybridized carbons (Fsp3) is 0.494. The van der Waals surface area contributed by atoms with Gasteiger partial charge < -0.3 is 105 Å². The Hall–Kier alpha value is -10.6. The number of amides is 2. The van der Waals surface area contributed by atoms with Crippen LogP contribution in [-0.2, 0) is 169 Å². The third-order valence-corrected chi connectivity index (χ3v) is 20.2. The predicted octanol–water partition coefficient (Wildman–Crippen LogP) is 6.96. The standard InChI is InChI=1S/C83H102N2O32Si/c1-50(86)102-46-64(109-53(4)89)71(111-55(6)91)73-68(84-67(93)49-100-42-57-28-18-13-19-29-57)62(108-52(3)88)40-83(117-73,80(96)99-9)115-63-41-82(79(95)98-8,116-74(69(63)85-81(97)106-45-60-34-24-16-25-35-60)72(112-56(7)92)65(110-54(5)90)47-103-51(2)87)107-48-66-70(104-43-58-30-20-14-21-31-58)75(105-44-59-32-22-15-23-33-59)76(78(113-66)101-38-39-118(10,11)12)114-77(94)61-36-26-17-27-37-61/h13-37,62-66,68-76,78H,38-49H2,1-12H3,(H,84,93)(H,85,97)/t62-,63-,64+,65+,66+,68+,69+,70+,71+,72+,73+,74+,75-,76+,78+,82+,83+/m0/s1. The predicted molar refractivity (Wildman–Crippen MR) is 410 cm³/mol. The van der Waals surface area contributed by atoms with E-state index in [0.717, 1.165) is 62.7 Å². The van der Waals surface area contributed by atoms with Gasteiger partial charge in [-0.15, -0.1) is 0 Å². The number of ether oxygens (including phenoxy) is 20. The number of alkyl carbamates (subject to hydrolysis) is 1. The van der Waals surface area contributed by atoms with Crippen LogP contribution in [-0.4, -0.2) is 230 Å². The summed E-state index contributed by atoms with van der Waals surface area (Å²) >= 11 is 0. The second-order valence-electron chi connectivity index (χ2n) is 29.0. The molecule has 2 N–H and O–H groups in total. The zero-order valence-electron chi connectivity index (χ0n) is 67.6. The number of nitrogens with one attached hydrogen (secondary N) is 2. The number of methoxy groups -OCH3 is 2. The van der Waals surface area contributed by atoms with E-state index in [0.29, 0.717) is 28.3 Å². The van der Waals surface area contributed by atoms with Gasteiger partial charge in [0.25, 0.3) is 11.6 Å². The van der Waals surface area contributed by atoms with Crippen LogP contribution >= 0.6 is 0 Å². The van der Waals surface area contributed by atoms with E-state index in [1.165, 1.54) is 0 Å². The molecule has 3 saturated heterocycles. The fourth-order valence-corrected chi connectivity index (χ4v) is 14.0. The van der Waals surface area contributed by atoms with Crippen molar-refractivity contribution in [1.82, 2.24) is 10.6 Å². The Bertz CT molecular complexity index is 4140. The summed E-state index contributed by atoms with van der Waals surface area (Å²) in [5.41, 5.74) is 2.46. The summed E-state index contributed by atoms with van der Waals surface area (Å²) in [4.78, 5) is 170. The van der Waals surface area contributed by atoms with Gasteiger partial charge in [-0.05, 0) is 40.4 Å². The van der Waals surface area contributed by atoms with E-state index < -0.39 is 229 Å². The Balaban J connectivity index is 1.40. The van der Waals surface area contributed by atoms with Gasteiger partial charge in [-0.3, -0.25) is 38.4 Å². The monoisotopic (exact) mass is 1670 g/mol. The summed E-state index contributed by atoms with van der Waals surface area (Å²) in [6, 6.07) is 39.2. The molecule has 5 aromatic rings. The molecule has 3 heterocycles. The summed E-state index contributed by atoms with van der Waals surface area (Å²) in [6.45, 7) is 8.41. The minimum atomic E-state index is -3.31. The lowest BCUT2D eigenvalue weighted by molar-refractivity contribution is -0.367. The first kappa shape index (κ1) is 92.9. The third-order valence-electron chi connectivity index (χ3n) is 18.5. The topological polar surface area (TPSA) is 414 Å². The molecule has 0 unspecified atom stereocenters. The molecule has 0 radical (unpaired) electrons. The molecule has 0 bridgehead atoms. The highest BCUT2D eigenvalue weighted by atomic mass is 28.3. The lowest BCUT2D eigenvalue weighted by Gasteiger charge is -2.53. The first-order valence-electron chi connectivity index (χ1n) is 38.0. The van der Waals surface area contributed by atoms with Crippen LogP contribution < -0.4 is 10.6 Å². The van der Waals surface area contributed by atoms with Crippen LogP contribution in [0.3, 0.4) is 0 Å². The maximum Gasteiger partial charge on any atom is 0.407 e. The van der Waals surface area contributed by atoms with Crippen molar-refractivity contribution in [3.8, 4) is 0 Å². The van der Waals surface area contributed by atoms with Crippen molar-refractivity contribution in [3.63, 3.8) is 0 Å². The molecule has 0 aromatic heterocycles. The highest BCUT2D eigenvalue weighted by Gasteiger charge is 2.66. The Kier molecular flexibility index (Phi) is 35.3. The summed E-state index contributed by atoms with van der Waals surface area (Å²) in [6.07, 6.45) is -28.6. The third kappa shape index (κ3) is 28.0. The molecule has 34 nitrogen and oxygen atoms in total. The number of rotatable bonds is 40. The lowest BCUT2D eigenvalue weighted by Crippen LogP contribution is -2.73. The zero-order valence-corrected chi connectivity index (χ0v) is 68.6. The number of benzene rings is 5. The molecule has 35 heteroatoms. The smallest absolute Gasteiger partial charge is 0.407 e. The SMILES string of the molecule is COC(=O)[C@@]1(O[C@H]2C[C@](OC[C@H]3O[C@@H](OCC[Si](C)(C)C)[C@H](OC(=O)c4ccccc4)[C@@H](OCc4ccccc4)[C@@H]3OCc3ccccc3)(C(=O)OC)O[C@@H]([C@H](OC(C)=O)[C@@H](COC(C)=O)OC(C)=O)[C@@H]2NC(=O)OCc2ccccc2)C[C@H](OC(C)=O)[C@@H](NC(=O)COCc2ccccc2)[C@H]([C@H](OC(C)=O)[C@@H](COC(C)=O)OC(C)=O)O1. The minimum absolute atomic E-state index is 0.0262. The van der Waals surface area contributed by atoms with E-state index in [-0.39, 0.29) is 32.0 Å². The van der Waals surface area contributed by atoms with Gasteiger partial charge in [0.15, 0.2) is 36.8 Å². The normalized spacial score (nSPS) is 23.9.